The van der Waals surface area contributed by atoms with Crippen molar-refractivity contribution < 1.29 is 17.9 Å². The Morgan fingerprint density at radius 3 is 2.68 bits per heavy atom. The largest absolute Gasteiger partial charge is 0.378 e. The van der Waals surface area contributed by atoms with Gasteiger partial charge in [0.15, 0.2) is 0 Å². The highest BCUT2D eigenvalue weighted by Crippen LogP contribution is 2.30. The number of ether oxygens (including phenoxy) is 1. The first-order chi connectivity index (χ1) is 13.0. The molecule has 3 fully saturated rings. The monoisotopic (exact) mass is 429 g/mol. The molecule has 4 rings (SSSR count). The summed E-state index contributed by atoms with van der Waals surface area (Å²) in [7, 11) is -3.51. The SMILES string of the molecule is Cl.O=C(CC1CCCO1)NCC1CN(S(=O)(=O)c2ccccc2)C2CCN1C2. The van der Waals surface area contributed by atoms with E-state index < -0.39 is 10.0 Å². The van der Waals surface area contributed by atoms with Gasteiger partial charge in [-0.05, 0) is 31.4 Å². The number of hydrogen-bond donors (Lipinski definition) is 1. The number of carbonyl (C=O) groups is 1. The van der Waals surface area contributed by atoms with Crippen molar-refractivity contribution in [1.29, 1.82) is 0 Å². The minimum absolute atomic E-state index is 0. The summed E-state index contributed by atoms with van der Waals surface area (Å²) in [6.07, 6.45) is 3.21. The molecule has 3 aliphatic heterocycles. The van der Waals surface area contributed by atoms with Crippen molar-refractivity contribution in [2.45, 2.75) is 48.8 Å². The molecule has 0 radical (unpaired) electrons. The normalized spacial score (nSPS) is 30.0. The second-order valence-electron chi connectivity index (χ2n) is 7.62. The molecule has 3 aliphatic rings. The topological polar surface area (TPSA) is 79.0 Å². The van der Waals surface area contributed by atoms with Crippen molar-refractivity contribution in [2.24, 2.45) is 0 Å². The molecule has 9 heteroatoms. The standard InChI is InChI=1S/C19H27N3O4S.ClH/c23-19(11-17-5-4-10-26-17)20-12-16-14-22(15-8-9-21(16)13-15)27(24,25)18-6-2-1-3-7-18;/h1-3,6-7,15-17H,4-5,8-14H2,(H,20,23);1H. The van der Waals surface area contributed by atoms with Gasteiger partial charge in [-0.25, -0.2) is 8.42 Å². The summed E-state index contributed by atoms with van der Waals surface area (Å²) in [5, 5.41) is 2.99. The summed E-state index contributed by atoms with van der Waals surface area (Å²) in [5.41, 5.74) is 0. The van der Waals surface area contributed by atoms with Crippen molar-refractivity contribution in [2.75, 3.05) is 32.8 Å². The lowest BCUT2D eigenvalue weighted by Gasteiger charge is -2.39. The number of hydrogen-bond acceptors (Lipinski definition) is 5. The van der Waals surface area contributed by atoms with Gasteiger partial charge in [-0.1, -0.05) is 18.2 Å². The first kappa shape index (κ1) is 21.5. The van der Waals surface area contributed by atoms with Crippen LogP contribution in [0.5, 0.6) is 0 Å². The number of piperazine rings is 1. The van der Waals surface area contributed by atoms with Crippen LogP contribution in [0.15, 0.2) is 35.2 Å². The third kappa shape index (κ3) is 4.52. The lowest BCUT2D eigenvalue weighted by molar-refractivity contribution is -0.123. The molecular weight excluding hydrogens is 402 g/mol. The predicted molar refractivity (Wildman–Crippen MR) is 108 cm³/mol. The molecule has 1 N–H and O–H groups in total. The number of halogens is 1. The maximum atomic E-state index is 13.1. The summed E-state index contributed by atoms with van der Waals surface area (Å²) in [6, 6.07) is 8.65. The summed E-state index contributed by atoms with van der Waals surface area (Å²) in [6.45, 7) is 3.24. The zero-order valence-corrected chi connectivity index (χ0v) is 17.5. The van der Waals surface area contributed by atoms with Gasteiger partial charge in [0.2, 0.25) is 15.9 Å². The lowest BCUT2D eigenvalue weighted by Crippen LogP contribution is -2.57. The third-order valence-electron chi connectivity index (χ3n) is 5.83. The molecule has 1 aromatic rings. The Morgan fingerprint density at radius 1 is 1.18 bits per heavy atom. The minimum atomic E-state index is -3.51. The van der Waals surface area contributed by atoms with E-state index in [1.807, 2.05) is 6.07 Å². The van der Waals surface area contributed by atoms with E-state index in [-0.39, 0.29) is 36.5 Å². The Bertz CT molecular complexity index is 771. The third-order valence-corrected chi connectivity index (χ3v) is 7.76. The second kappa shape index (κ2) is 9.09. The number of amides is 1. The highest BCUT2D eigenvalue weighted by atomic mass is 35.5. The van der Waals surface area contributed by atoms with E-state index in [4.69, 9.17) is 4.74 Å². The molecular formula is C19H28ClN3O4S. The van der Waals surface area contributed by atoms with Crippen molar-refractivity contribution in [3.05, 3.63) is 30.3 Å². The van der Waals surface area contributed by atoms with Crippen LogP contribution in [0.4, 0.5) is 0 Å². The van der Waals surface area contributed by atoms with E-state index in [1.54, 1.807) is 28.6 Å². The Balaban J connectivity index is 0.00000225. The average molecular weight is 430 g/mol. The van der Waals surface area contributed by atoms with Gasteiger partial charge in [-0.2, -0.15) is 4.31 Å². The molecule has 4 unspecified atom stereocenters. The number of benzene rings is 1. The van der Waals surface area contributed by atoms with Crippen molar-refractivity contribution in [1.82, 2.24) is 14.5 Å². The van der Waals surface area contributed by atoms with Gasteiger partial charge in [-0.15, -0.1) is 12.4 Å². The molecule has 156 valence electrons. The summed E-state index contributed by atoms with van der Waals surface area (Å²) in [4.78, 5) is 14.8. The maximum Gasteiger partial charge on any atom is 0.243 e. The Morgan fingerprint density at radius 2 is 1.96 bits per heavy atom. The molecule has 3 heterocycles. The smallest absolute Gasteiger partial charge is 0.243 e. The highest BCUT2D eigenvalue weighted by Gasteiger charge is 2.44. The molecule has 3 saturated heterocycles. The molecule has 1 aromatic carbocycles. The van der Waals surface area contributed by atoms with Gasteiger partial charge in [-0.3, -0.25) is 9.69 Å². The molecule has 1 amide bonds. The molecule has 0 aliphatic carbocycles. The van der Waals surface area contributed by atoms with Crippen LogP contribution in [0.3, 0.4) is 0 Å². The highest BCUT2D eigenvalue weighted by molar-refractivity contribution is 7.89. The molecule has 2 bridgehead atoms. The fourth-order valence-corrected chi connectivity index (χ4v) is 6.04. The van der Waals surface area contributed by atoms with Crippen LogP contribution in [-0.4, -0.2) is 74.5 Å². The van der Waals surface area contributed by atoms with E-state index in [0.29, 0.717) is 24.4 Å². The quantitative estimate of drug-likeness (QED) is 0.736. The minimum Gasteiger partial charge on any atom is -0.378 e. The van der Waals surface area contributed by atoms with Crippen LogP contribution in [0.1, 0.15) is 25.7 Å². The van der Waals surface area contributed by atoms with Crippen LogP contribution < -0.4 is 5.32 Å². The zero-order valence-electron chi connectivity index (χ0n) is 15.8. The van der Waals surface area contributed by atoms with Crippen LogP contribution in [-0.2, 0) is 19.6 Å². The van der Waals surface area contributed by atoms with E-state index in [0.717, 1.165) is 39.0 Å². The fraction of sp³-hybridized carbons (Fsp3) is 0.632. The van der Waals surface area contributed by atoms with Crippen LogP contribution in [0, 0.1) is 0 Å². The molecule has 0 aromatic heterocycles. The van der Waals surface area contributed by atoms with Gasteiger partial charge in [0, 0.05) is 44.9 Å². The number of fused-ring (bicyclic) bond motifs is 2. The molecule has 0 spiro atoms. The second-order valence-corrected chi connectivity index (χ2v) is 9.51. The summed E-state index contributed by atoms with van der Waals surface area (Å²) in [5.74, 6) is -0.0133. The van der Waals surface area contributed by atoms with Crippen molar-refractivity contribution in [3.8, 4) is 0 Å². The maximum absolute atomic E-state index is 13.1. The Kier molecular flexibility index (Phi) is 6.98. The first-order valence-corrected chi connectivity index (χ1v) is 11.2. The van der Waals surface area contributed by atoms with E-state index in [1.165, 1.54) is 0 Å². The number of nitrogens with one attached hydrogen (secondary N) is 1. The van der Waals surface area contributed by atoms with Gasteiger partial charge < -0.3 is 10.1 Å². The van der Waals surface area contributed by atoms with Gasteiger partial charge in [0.25, 0.3) is 0 Å². The van der Waals surface area contributed by atoms with Gasteiger partial charge in [0.1, 0.15) is 0 Å². The van der Waals surface area contributed by atoms with E-state index in [9.17, 15) is 13.2 Å². The van der Waals surface area contributed by atoms with E-state index >= 15 is 0 Å². The fourth-order valence-electron chi connectivity index (χ4n) is 4.34. The zero-order chi connectivity index (χ0) is 18.9. The van der Waals surface area contributed by atoms with E-state index in [2.05, 4.69) is 10.2 Å². The number of rotatable bonds is 6. The first-order valence-electron chi connectivity index (χ1n) is 9.73. The molecule has 0 saturated carbocycles. The molecule has 28 heavy (non-hydrogen) atoms. The average Bonchev–Trinajstić information content (AvgIpc) is 3.32. The Labute approximate surface area is 172 Å². The number of nitrogens with zero attached hydrogens (tertiary/aromatic N) is 2. The lowest BCUT2D eigenvalue weighted by atomic mass is 10.1. The summed E-state index contributed by atoms with van der Waals surface area (Å²) < 4.78 is 33.3. The number of carbonyl (C=O) groups excluding carboxylic acids is 1. The van der Waals surface area contributed by atoms with Gasteiger partial charge in [0.05, 0.1) is 17.4 Å². The van der Waals surface area contributed by atoms with Crippen LogP contribution in [0.25, 0.3) is 0 Å². The van der Waals surface area contributed by atoms with Gasteiger partial charge >= 0.3 is 0 Å². The van der Waals surface area contributed by atoms with Crippen LogP contribution >= 0.6 is 12.4 Å². The number of sulfonamides is 1. The molecule has 4 atom stereocenters. The van der Waals surface area contributed by atoms with Crippen molar-refractivity contribution in [3.63, 3.8) is 0 Å². The Hall–Kier alpha value is -1.19. The van der Waals surface area contributed by atoms with Crippen molar-refractivity contribution >= 4 is 28.3 Å². The summed E-state index contributed by atoms with van der Waals surface area (Å²) >= 11 is 0. The van der Waals surface area contributed by atoms with Crippen LogP contribution in [0.2, 0.25) is 0 Å². The predicted octanol–water partition coefficient (Wildman–Crippen LogP) is 1.24. The molecule has 7 nitrogen and oxygen atoms in total.